The van der Waals surface area contributed by atoms with Crippen LogP contribution in [0.5, 0.6) is 5.75 Å². The molecule has 0 aliphatic carbocycles. The molecule has 0 radical (unpaired) electrons. The van der Waals surface area contributed by atoms with Crippen LogP contribution in [-0.4, -0.2) is 33.8 Å². The molecule has 1 N–H and O–H groups in total. The Labute approximate surface area is 116 Å². The van der Waals surface area contributed by atoms with Crippen LogP contribution in [0.2, 0.25) is 0 Å². The lowest BCUT2D eigenvalue weighted by molar-refractivity contribution is 0.174. The number of nitrogens with zero attached hydrogens (tertiary/aromatic N) is 1. The molecule has 3 heteroatoms. The highest BCUT2D eigenvalue weighted by Crippen LogP contribution is 2.36. The summed E-state index contributed by atoms with van der Waals surface area (Å²) in [5, 5.41) is 3.33. The van der Waals surface area contributed by atoms with Gasteiger partial charge in [0, 0.05) is 18.8 Å². The van der Waals surface area contributed by atoms with Crippen molar-refractivity contribution in [3.8, 4) is 5.75 Å². The molecule has 0 bridgehead atoms. The van der Waals surface area contributed by atoms with Crippen LogP contribution in [0.4, 0.5) is 5.69 Å². The molecule has 1 aliphatic heterocycles. The van der Waals surface area contributed by atoms with Crippen LogP contribution in [0.3, 0.4) is 0 Å². The van der Waals surface area contributed by atoms with Gasteiger partial charge in [-0.15, -0.1) is 0 Å². The van der Waals surface area contributed by atoms with Crippen LogP contribution < -0.4 is 15.0 Å². The van der Waals surface area contributed by atoms with E-state index in [-0.39, 0.29) is 0 Å². The number of hydrogen-bond donors (Lipinski definition) is 1. The van der Waals surface area contributed by atoms with Crippen molar-refractivity contribution < 1.29 is 4.74 Å². The van der Waals surface area contributed by atoms with Gasteiger partial charge >= 0.3 is 0 Å². The maximum atomic E-state index is 5.22. The maximum absolute atomic E-state index is 5.22. The SMILES string of the molecule is CNCC1CCN(c2ccc(OC)cc2)CC1(C)C. The third-order valence-corrected chi connectivity index (χ3v) is 4.34. The summed E-state index contributed by atoms with van der Waals surface area (Å²) in [6.45, 7) is 8.13. The highest BCUT2D eigenvalue weighted by atomic mass is 16.5. The quantitative estimate of drug-likeness (QED) is 0.903. The van der Waals surface area contributed by atoms with Crippen molar-refractivity contribution in [1.29, 1.82) is 0 Å². The van der Waals surface area contributed by atoms with Gasteiger partial charge in [-0.1, -0.05) is 13.8 Å². The second kappa shape index (κ2) is 5.83. The monoisotopic (exact) mass is 262 g/mol. The molecule has 3 nitrogen and oxygen atoms in total. The number of rotatable bonds is 4. The van der Waals surface area contributed by atoms with Gasteiger partial charge in [-0.05, 0) is 55.6 Å². The van der Waals surface area contributed by atoms with Crippen molar-refractivity contribution >= 4 is 5.69 Å². The summed E-state index contributed by atoms with van der Waals surface area (Å²) in [6.07, 6.45) is 1.25. The molecule has 1 atom stereocenters. The van der Waals surface area contributed by atoms with E-state index in [2.05, 4.69) is 36.2 Å². The number of benzene rings is 1. The molecule has 0 amide bonds. The number of nitrogens with one attached hydrogen (secondary N) is 1. The largest absolute Gasteiger partial charge is 0.497 e. The van der Waals surface area contributed by atoms with Crippen molar-refractivity contribution in [3.05, 3.63) is 24.3 Å². The van der Waals surface area contributed by atoms with E-state index in [9.17, 15) is 0 Å². The lowest BCUT2D eigenvalue weighted by Crippen LogP contribution is -2.48. The smallest absolute Gasteiger partial charge is 0.119 e. The van der Waals surface area contributed by atoms with Gasteiger partial charge in [0.15, 0.2) is 0 Å². The predicted molar refractivity (Wildman–Crippen MR) is 81.0 cm³/mol. The Morgan fingerprint density at radius 2 is 2.00 bits per heavy atom. The Balaban J connectivity index is 2.07. The number of hydrogen-bond acceptors (Lipinski definition) is 3. The molecule has 1 fully saturated rings. The average molecular weight is 262 g/mol. The molecule has 1 heterocycles. The Kier molecular flexibility index (Phi) is 4.35. The van der Waals surface area contributed by atoms with E-state index in [1.54, 1.807) is 7.11 Å². The highest BCUT2D eigenvalue weighted by Gasteiger charge is 2.35. The fraction of sp³-hybridized carbons (Fsp3) is 0.625. The van der Waals surface area contributed by atoms with E-state index in [1.807, 2.05) is 19.2 Å². The molecule has 1 aromatic rings. The normalized spacial score (nSPS) is 22.3. The first-order chi connectivity index (χ1) is 9.06. The number of methoxy groups -OCH3 is 1. The van der Waals surface area contributed by atoms with E-state index in [4.69, 9.17) is 4.74 Å². The average Bonchev–Trinajstić information content (AvgIpc) is 2.41. The van der Waals surface area contributed by atoms with Gasteiger partial charge in [0.2, 0.25) is 0 Å². The number of piperidine rings is 1. The minimum atomic E-state index is 0.348. The van der Waals surface area contributed by atoms with Gasteiger partial charge in [-0.2, -0.15) is 0 Å². The van der Waals surface area contributed by atoms with E-state index in [0.29, 0.717) is 5.41 Å². The summed E-state index contributed by atoms with van der Waals surface area (Å²) in [7, 11) is 3.76. The molecule has 0 saturated carbocycles. The summed E-state index contributed by atoms with van der Waals surface area (Å²) in [5.41, 5.74) is 1.65. The molecule has 1 aromatic carbocycles. The molecule has 0 spiro atoms. The summed E-state index contributed by atoms with van der Waals surface area (Å²) >= 11 is 0. The Morgan fingerprint density at radius 1 is 1.32 bits per heavy atom. The molecular formula is C16H26N2O. The molecular weight excluding hydrogens is 236 g/mol. The number of ether oxygens (including phenoxy) is 1. The summed E-state index contributed by atoms with van der Waals surface area (Å²) < 4.78 is 5.22. The lowest BCUT2D eigenvalue weighted by atomic mass is 9.73. The third-order valence-electron chi connectivity index (χ3n) is 4.34. The maximum Gasteiger partial charge on any atom is 0.119 e. The minimum Gasteiger partial charge on any atom is -0.497 e. The molecule has 1 aliphatic rings. The van der Waals surface area contributed by atoms with Crippen LogP contribution >= 0.6 is 0 Å². The van der Waals surface area contributed by atoms with Crippen molar-refractivity contribution in [3.63, 3.8) is 0 Å². The minimum absolute atomic E-state index is 0.348. The zero-order valence-corrected chi connectivity index (χ0v) is 12.6. The topological polar surface area (TPSA) is 24.5 Å². The first-order valence-electron chi connectivity index (χ1n) is 7.10. The van der Waals surface area contributed by atoms with Crippen LogP contribution in [0.15, 0.2) is 24.3 Å². The van der Waals surface area contributed by atoms with Gasteiger partial charge in [0.05, 0.1) is 7.11 Å². The van der Waals surface area contributed by atoms with Gasteiger partial charge in [0.25, 0.3) is 0 Å². The van der Waals surface area contributed by atoms with Crippen molar-refractivity contribution in [2.45, 2.75) is 20.3 Å². The molecule has 19 heavy (non-hydrogen) atoms. The third kappa shape index (κ3) is 3.21. The summed E-state index contributed by atoms with van der Waals surface area (Å²) in [5.74, 6) is 1.68. The predicted octanol–water partition coefficient (Wildman–Crippen LogP) is 2.77. The summed E-state index contributed by atoms with van der Waals surface area (Å²) in [6, 6.07) is 8.41. The second-order valence-electron chi connectivity index (χ2n) is 6.15. The Bertz CT molecular complexity index is 400. The fourth-order valence-corrected chi connectivity index (χ4v) is 3.04. The van der Waals surface area contributed by atoms with Crippen molar-refractivity contribution in [2.24, 2.45) is 11.3 Å². The zero-order chi connectivity index (χ0) is 13.9. The molecule has 1 unspecified atom stereocenters. The van der Waals surface area contributed by atoms with Crippen molar-refractivity contribution in [2.75, 3.05) is 38.7 Å². The standard InChI is InChI=1S/C16H26N2O/c1-16(2)12-18(10-9-13(16)11-17-3)14-5-7-15(19-4)8-6-14/h5-8,13,17H,9-12H2,1-4H3. The van der Waals surface area contributed by atoms with Gasteiger partial charge in [0.1, 0.15) is 5.75 Å². The highest BCUT2D eigenvalue weighted by molar-refractivity contribution is 5.49. The van der Waals surface area contributed by atoms with Gasteiger partial charge in [-0.25, -0.2) is 0 Å². The van der Waals surface area contributed by atoms with E-state index >= 15 is 0 Å². The first kappa shape index (κ1) is 14.2. The molecule has 0 aromatic heterocycles. The van der Waals surface area contributed by atoms with E-state index < -0.39 is 0 Å². The second-order valence-corrected chi connectivity index (χ2v) is 6.15. The van der Waals surface area contributed by atoms with Gasteiger partial charge in [-0.3, -0.25) is 0 Å². The van der Waals surface area contributed by atoms with Crippen LogP contribution in [0.1, 0.15) is 20.3 Å². The molecule has 106 valence electrons. The zero-order valence-electron chi connectivity index (χ0n) is 12.6. The lowest BCUT2D eigenvalue weighted by Gasteiger charge is -2.45. The fourth-order valence-electron chi connectivity index (χ4n) is 3.04. The Hall–Kier alpha value is -1.22. The number of anilines is 1. The van der Waals surface area contributed by atoms with Crippen LogP contribution in [0, 0.1) is 11.3 Å². The molecule has 1 saturated heterocycles. The van der Waals surface area contributed by atoms with Gasteiger partial charge < -0.3 is 15.0 Å². The van der Waals surface area contributed by atoms with Crippen LogP contribution in [-0.2, 0) is 0 Å². The van der Waals surface area contributed by atoms with Crippen LogP contribution in [0.25, 0.3) is 0 Å². The molecule has 2 rings (SSSR count). The first-order valence-corrected chi connectivity index (χ1v) is 7.10. The van der Waals surface area contributed by atoms with Crippen molar-refractivity contribution in [1.82, 2.24) is 5.32 Å². The van der Waals surface area contributed by atoms with E-state index in [1.165, 1.54) is 12.1 Å². The Morgan fingerprint density at radius 3 is 2.53 bits per heavy atom. The van der Waals surface area contributed by atoms with E-state index in [0.717, 1.165) is 31.3 Å². The summed E-state index contributed by atoms with van der Waals surface area (Å²) in [4.78, 5) is 2.49.